The fourth-order valence-electron chi connectivity index (χ4n) is 2.37. The van der Waals surface area contributed by atoms with Crippen molar-refractivity contribution in [3.8, 4) is 0 Å². The van der Waals surface area contributed by atoms with Gasteiger partial charge in [-0.1, -0.05) is 12.1 Å². The summed E-state index contributed by atoms with van der Waals surface area (Å²) in [6, 6.07) is 7.56. The zero-order valence-electron chi connectivity index (χ0n) is 10.2. The molecule has 1 saturated carbocycles. The summed E-state index contributed by atoms with van der Waals surface area (Å²) in [5.74, 6) is 0.465. The Morgan fingerprint density at radius 3 is 2.53 bits per heavy atom. The fourth-order valence-corrected chi connectivity index (χ4v) is 2.37. The normalized spacial score (nSPS) is 23.4. The van der Waals surface area contributed by atoms with Crippen LogP contribution in [0.5, 0.6) is 0 Å². The van der Waals surface area contributed by atoms with Crippen molar-refractivity contribution < 1.29 is 4.39 Å². The van der Waals surface area contributed by atoms with Crippen LogP contribution in [0.4, 0.5) is 4.39 Å². The molecule has 0 radical (unpaired) electrons. The predicted molar refractivity (Wildman–Crippen MR) is 68.5 cm³/mol. The highest BCUT2D eigenvalue weighted by molar-refractivity contribution is 5.23. The predicted octanol–water partition coefficient (Wildman–Crippen LogP) is 2.40. The van der Waals surface area contributed by atoms with E-state index in [0.717, 1.165) is 25.9 Å². The molecule has 1 fully saturated rings. The molecule has 0 aromatic heterocycles. The summed E-state index contributed by atoms with van der Waals surface area (Å²) in [5, 5.41) is 3.54. The van der Waals surface area contributed by atoms with Gasteiger partial charge in [-0.25, -0.2) is 4.39 Å². The van der Waals surface area contributed by atoms with Gasteiger partial charge in [0.25, 0.3) is 0 Å². The van der Waals surface area contributed by atoms with Gasteiger partial charge in [0.1, 0.15) is 5.82 Å². The summed E-state index contributed by atoms with van der Waals surface area (Å²) < 4.78 is 12.8. The van der Waals surface area contributed by atoms with Crippen LogP contribution in [-0.2, 0) is 0 Å². The van der Waals surface area contributed by atoms with Crippen molar-refractivity contribution in [2.24, 2.45) is 5.73 Å². The van der Waals surface area contributed by atoms with Gasteiger partial charge in [-0.05, 0) is 62.4 Å². The monoisotopic (exact) mass is 236 g/mol. The molecule has 3 heteroatoms. The molecule has 1 aliphatic carbocycles. The van der Waals surface area contributed by atoms with Crippen LogP contribution >= 0.6 is 0 Å². The van der Waals surface area contributed by atoms with E-state index < -0.39 is 0 Å². The Morgan fingerprint density at radius 1 is 1.18 bits per heavy atom. The van der Waals surface area contributed by atoms with Gasteiger partial charge in [0, 0.05) is 6.04 Å². The van der Waals surface area contributed by atoms with Gasteiger partial charge < -0.3 is 11.1 Å². The summed E-state index contributed by atoms with van der Waals surface area (Å²) in [7, 11) is 0. The van der Waals surface area contributed by atoms with Crippen molar-refractivity contribution >= 4 is 0 Å². The second-order valence-electron chi connectivity index (χ2n) is 4.87. The van der Waals surface area contributed by atoms with Crippen LogP contribution in [0.1, 0.15) is 37.2 Å². The first-order chi connectivity index (χ1) is 8.29. The molecule has 2 nitrogen and oxygen atoms in total. The van der Waals surface area contributed by atoms with Gasteiger partial charge in [0.05, 0.1) is 0 Å². The van der Waals surface area contributed by atoms with Crippen molar-refractivity contribution in [2.75, 3.05) is 13.1 Å². The van der Waals surface area contributed by atoms with E-state index in [1.165, 1.54) is 18.4 Å². The molecular formula is C14H21FN2. The van der Waals surface area contributed by atoms with Gasteiger partial charge in [0.15, 0.2) is 0 Å². The van der Waals surface area contributed by atoms with Crippen LogP contribution in [-0.4, -0.2) is 19.1 Å². The van der Waals surface area contributed by atoms with Crippen LogP contribution in [0.25, 0.3) is 0 Å². The summed E-state index contributed by atoms with van der Waals surface area (Å²) in [6.45, 7) is 1.85. The molecule has 0 amide bonds. The molecule has 0 heterocycles. The lowest BCUT2D eigenvalue weighted by molar-refractivity contribution is 0.290. The molecule has 1 aromatic carbocycles. The number of rotatable bonds is 6. The largest absolute Gasteiger partial charge is 0.330 e. The fraction of sp³-hybridized carbons (Fsp3) is 0.571. The van der Waals surface area contributed by atoms with Crippen molar-refractivity contribution in [2.45, 2.75) is 37.6 Å². The van der Waals surface area contributed by atoms with Crippen LogP contribution in [0.3, 0.4) is 0 Å². The number of hydrogen-bond donors (Lipinski definition) is 2. The number of benzene rings is 1. The van der Waals surface area contributed by atoms with Crippen LogP contribution in [0, 0.1) is 5.82 Å². The third-order valence-electron chi connectivity index (χ3n) is 3.54. The third-order valence-corrected chi connectivity index (χ3v) is 3.54. The summed E-state index contributed by atoms with van der Waals surface area (Å²) in [6.07, 6.45) is 4.61. The third kappa shape index (κ3) is 3.51. The van der Waals surface area contributed by atoms with E-state index in [1.54, 1.807) is 12.1 Å². The number of unbranched alkanes of at least 4 members (excludes halogenated alkanes) is 1. The van der Waals surface area contributed by atoms with Gasteiger partial charge >= 0.3 is 0 Å². The van der Waals surface area contributed by atoms with E-state index in [4.69, 9.17) is 5.73 Å². The molecule has 0 unspecified atom stereocenters. The lowest BCUT2D eigenvalue weighted by atomic mass is 9.76. The van der Waals surface area contributed by atoms with Crippen molar-refractivity contribution in [3.05, 3.63) is 35.6 Å². The number of halogens is 1. The summed E-state index contributed by atoms with van der Waals surface area (Å²) in [5.41, 5.74) is 6.71. The highest BCUT2D eigenvalue weighted by Crippen LogP contribution is 2.36. The van der Waals surface area contributed by atoms with Crippen molar-refractivity contribution in [3.63, 3.8) is 0 Å². The maximum Gasteiger partial charge on any atom is 0.123 e. The van der Waals surface area contributed by atoms with E-state index >= 15 is 0 Å². The van der Waals surface area contributed by atoms with E-state index in [2.05, 4.69) is 5.32 Å². The van der Waals surface area contributed by atoms with Crippen LogP contribution < -0.4 is 11.1 Å². The maximum absolute atomic E-state index is 12.8. The smallest absolute Gasteiger partial charge is 0.123 e. The minimum absolute atomic E-state index is 0.149. The first-order valence-electron chi connectivity index (χ1n) is 6.48. The standard InChI is InChI=1S/C14H21FN2/c15-13-5-3-11(4-6-13)12-9-14(10-12)17-8-2-1-7-16/h3-6,12,14,17H,1-2,7-10,16H2. The van der Waals surface area contributed by atoms with Gasteiger partial charge in [-0.3, -0.25) is 0 Å². The molecule has 0 atom stereocenters. The zero-order valence-corrected chi connectivity index (χ0v) is 10.2. The van der Waals surface area contributed by atoms with Crippen molar-refractivity contribution in [1.82, 2.24) is 5.32 Å². The molecule has 0 saturated heterocycles. The molecular weight excluding hydrogens is 215 g/mol. The molecule has 0 spiro atoms. The lowest BCUT2D eigenvalue weighted by Gasteiger charge is -2.36. The minimum Gasteiger partial charge on any atom is -0.330 e. The number of hydrogen-bond acceptors (Lipinski definition) is 2. The topological polar surface area (TPSA) is 38.0 Å². The quantitative estimate of drug-likeness (QED) is 0.744. The highest BCUT2D eigenvalue weighted by atomic mass is 19.1. The van der Waals surface area contributed by atoms with Gasteiger partial charge in [0.2, 0.25) is 0 Å². The Balaban J connectivity index is 1.66. The van der Waals surface area contributed by atoms with Gasteiger partial charge in [-0.15, -0.1) is 0 Å². The zero-order chi connectivity index (χ0) is 12.1. The first-order valence-corrected chi connectivity index (χ1v) is 6.48. The Kier molecular flexibility index (Phi) is 4.51. The number of nitrogens with two attached hydrogens (primary N) is 1. The minimum atomic E-state index is -0.149. The molecule has 0 bridgehead atoms. The van der Waals surface area contributed by atoms with Crippen LogP contribution in [0.2, 0.25) is 0 Å². The summed E-state index contributed by atoms with van der Waals surface area (Å²) >= 11 is 0. The second kappa shape index (κ2) is 6.12. The Morgan fingerprint density at radius 2 is 1.88 bits per heavy atom. The molecule has 1 aromatic rings. The SMILES string of the molecule is NCCCCNC1CC(c2ccc(F)cc2)C1. The molecule has 1 aliphatic rings. The van der Waals surface area contributed by atoms with E-state index in [1.807, 2.05) is 12.1 Å². The van der Waals surface area contributed by atoms with Crippen LogP contribution in [0.15, 0.2) is 24.3 Å². The van der Waals surface area contributed by atoms with Crippen molar-refractivity contribution in [1.29, 1.82) is 0 Å². The molecule has 0 aliphatic heterocycles. The highest BCUT2D eigenvalue weighted by Gasteiger charge is 2.29. The van der Waals surface area contributed by atoms with Gasteiger partial charge in [-0.2, -0.15) is 0 Å². The summed E-state index contributed by atoms with van der Waals surface area (Å²) in [4.78, 5) is 0. The first kappa shape index (κ1) is 12.5. The second-order valence-corrected chi connectivity index (χ2v) is 4.87. The van der Waals surface area contributed by atoms with E-state index in [9.17, 15) is 4.39 Å². The van der Waals surface area contributed by atoms with E-state index in [-0.39, 0.29) is 5.82 Å². The maximum atomic E-state index is 12.8. The Labute approximate surface area is 102 Å². The van der Waals surface area contributed by atoms with E-state index in [0.29, 0.717) is 12.0 Å². The molecule has 94 valence electrons. The molecule has 3 N–H and O–H groups in total. The Bertz CT molecular complexity index is 331. The average molecular weight is 236 g/mol. The molecule has 2 rings (SSSR count). The Hall–Kier alpha value is -0.930. The average Bonchev–Trinajstić information content (AvgIpc) is 2.28. The lowest BCUT2D eigenvalue weighted by Crippen LogP contribution is -2.40. The molecule has 17 heavy (non-hydrogen) atoms. The number of nitrogens with one attached hydrogen (secondary N) is 1.